The van der Waals surface area contributed by atoms with Gasteiger partial charge >= 0.3 is 0 Å². The Morgan fingerprint density at radius 1 is 0.970 bits per heavy atom. The molecule has 5 nitrogen and oxygen atoms in total. The molecule has 7 heteroatoms. The number of aromatic nitrogens is 2. The summed E-state index contributed by atoms with van der Waals surface area (Å²) in [5, 5.41) is 1.63. The maximum absolute atomic E-state index is 13.4. The minimum absolute atomic E-state index is 0.0290. The quantitative estimate of drug-likeness (QED) is 0.208. The number of aryl methyl sites for hydroxylation is 1. The van der Waals surface area contributed by atoms with Crippen LogP contribution in [0, 0.1) is 5.82 Å². The molecule has 0 radical (unpaired) electrons. The number of carbonyl (C=O) groups excluding carboxylic acids is 1. The summed E-state index contributed by atoms with van der Waals surface area (Å²) < 4.78 is 24.5. The first-order valence-electron chi connectivity index (χ1n) is 10.7. The van der Waals surface area contributed by atoms with Gasteiger partial charge in [-0.15, -0.1) is 0 Å². The Hall–Kier alpha value is -3.45. The molecule has 0 aliphatic carbocycles. The third-order valence-corrected chi connectivity index (χ3v) is 6.43. The van der Waals surface area contributed by atoms with Crippen LogP contribution in [0.1, 0.15) is 22.8 Å². The second-order valence-electron chi connectivity index (χ2n) is 7.63. The van der Waals surface area contributed by atoms with E-state index in [0.717, 1.165) is 27.9 Å². The lowest BCUT2D eigenvalue weighted by Gasteiger charge is -2.18. The van der Waals surface area contributed by atoms with E-state index in [1.165, 1.54) is 29.5 Å². The fourth-order valence-corrected chi connectivity index (χ4v) is 4.54. The van der Waals surface area contributed by atoms with Gasteiger partial charge in [-0.25, -0.2) is 14.4 Å². The molecule has 1 aromatic heterocycles. The molecule has 0 N–H and O–H groups in total. The Kier molecular flexibility index (Phi) is 5.96. The Labute approximate surface area is 195 Å². The number of hydrogen-bond acceptors (Lipinski definition) is 6. The predicted octanol–water partition coefficient (Wildman–Crippen LogP) is 5.74. The molecule has 33 heavy (non-hydrogen) atoms. The molecule has 0 saturated carbocycles. The lowest BCUT2D eigenvalue weighted by molar-refractivity contribution is 0.102. The van der Waals surface area contributed by atoms with Crippen LogP contribution < -0.4 is 9.47 Å². The molecule has 3 aromatic carbocycles. The molecule has 5 rings (SSSR count). The monoisotopic (exact) mass is 460 g/mol. The van der Waals surface area contributed by atoms with E-state index in [2.05, 4.69) is 18.0 Å². The highest BCUT2D eigenvalue weighted by Crippen LogP contribution is 2.33. The number of carbonyl (C=O) groups is 1. The molecule has 0 saturated heterocycles. The van der Waals surface area contributed by atoms with E-state index in [1.54, 1.807) is 30.3 Å². The smallest absolute Gasteiger partial charge is 0.173 e. The van der Waals surface area contributed by atoms with Gasteiger partial charge in [0.05, 0.1) is 11.3 Å². The number of Topliss-reactive ketones (excluding diaryl/α,β-unsaturated/α-hetero) is 1. The summed E-state index contributed by atoms with van der Waals surface area (Å²) in [5.41, 5.74) is 3.24. The number of rotatable bonds is 6. The third kappa shape index (κ3) is 4.54. The van der Waals surface area contributed by atoms with E-state index in [0.29, 0.717) is 36.1 Å². The Balaban J connectivity index is 1.46. The minimum Gasteiger partial charge on any atom is -0.486 e. The topological polar surface area (TPSA) is 61.3 Å². The van der Waals surface area contributed by atoms with E-state index in [1.807, 2.05) is 12.1 Å². The van der Waals surface area contributed by atoms with Crippen LogP contribution >= 0.6 is 11.8 Å². The van der Waals surface area contributed by atoms with Gasteiger partial charge in [0.2, 0.25) is 0 Å². The van der Waals surface area contributed by atoms with Crippen molar-refractivity contribution >= 4 is 28.4 Å². The average Bonchev–Trinajstić information content (AvgIpc) is 2.86. The van der Waals surface area contributed by atoms with Crippen molar-refractivity contribution in [3.8, 4) is 22.9 Å². The van der Waals surface area contributed by atoms with Gasteiger partial charge in [-0.05, 0) is 66.6 Å². The zero-order valence-electron chi connectivity index (χ0n) is 18.0. The number of ether oxygens (including phenoxy) is 2. The largest absolute Gasteiger partial charge is 0.486 e. The molecular formula is C26H21FN2O3S. The van der Waals surface area contributed by atoms with Crippen molar-refractivity contribution in [2.45, 2.75) is 18.4 Å². The number of thioether (sulfide) groups is 1. The van der Waals surface area contributed by atoms with Gasteiger partial charge in [0, 0.05) is 16.5 Å². The summed E-state index contributed by atoms with van der Waals surface area (Å²) in [5.74, 6) is 1.62. The van der Waals surface area contributed by atoms with Crippen molar-refractivity contribution in [1.82, 2.24) is 9.97 Å². The fourth-order valence-electron chi connectivity index (χ4n) is 3.64. The minimum atomic E-state index is -0.313. The maximum Gasteiger partial charge on any atom is 0.173 e. The highest BCUT2D eigenvalue weighted by atomic mass is 32.2. The van der Waals surface area contributed by atoms with Crippen LogP contribution in [0.15, 0.2) is 65.7 Å². The Morgan fingerprint density at radius 3 is 2.55 bits per heavy atom. The number of halogens is 1. The lowest BCUT2D eigenvalue weighted by Crippen LogP contribution is -2.16. The van der Waals surface area contributed by atoms with Crippen molar-refractivity contribution in [3.63, 3.8) is 0 Å². The van der Waals surface area contributed by atoms with E-state index >= 15 is 0 Å². The summed E-state index contributed by atoms with van der Waals surface area (Å²) in [4.78, 5) is 22.4. The third-order valence-electron chi connectivity index (χ3n) is 5.44. The molecule has 1 aliphatic rings. The number of nitrogens with zero attached hydrogens (tertiary/aromatic N) is 2. The van der Waals surface area contributed by atoms with Crippen molar-refractivity contribution in [3.05, 3.63) is 77.6 Å². The summed E-state index contributed by atoms with van der Waals surface area (Å²) in [6.45, 7) is 3.07. The number of hydrogen-bond donors (Lipinski definition) is 0. The molecule has 166 valence electrons. The zero-order valence-corrected chi connectivity index (χ0v) is 18.8. The lowest BCUT2D eigenvalue weighted by atomic mass is 10.1. The molecule has 0 spiro atoms. The van der Waals surface area contributed by atoms with Crippen LogP contribution in [0.2, 0.25) is 0 Å². The van der Waals surface area contributed by atoms with Crippen molar-refractivity contribution < 1.29 is 18.7 Å². The van der Waals surface area contributed by atoms with E-state index in [9.17, 15) is 9.18 Å². The fraction of sp³-hybridized carbons (Fsp3) is 0.192. The molecular weight excluding hydrogens is 439 g/mol. The highest BCUT2D eigenvalue weighted by Gasteiger charge is 2.17. The van der Waals surface area contributed by atoms with Gasteiger partial charge in [-0.2, -0.15) is 0 Å². The van der Waals surface area contributed by atoms with Crippen LogP contribution in [-0.4, -0.2) is 34.7 Å². The number of ketones is 1. The van der Waals surface area contributed by atoms with Gasteiger partial charge < -0.3 is 9.47 Å². The molecule has 0 atom stereocenters. The Bertz CT molecular complexity index is 1340. The zero-order chi connectivity index (χ0) is 22.8. The molecule has 2 heterocycles. The first-order chi connectivity index (χ1) is 16.1. The summed E-state index contributed by atoms with van der Waals surface area (Å²) >= 11 is 1.37. The second-order valence-corrected chi connectivity index (χ2v) is 8.60. The molecule has 0 bridgehead atoms. The van der Waals surface area contributed by atoms with Gasteiger partial charge in [0.15, 0.2) is 23.1 Å². The van der Waals surface area contributed by atoms with Crippen LogP contribution in [0.4, 0.5) is 4.39 Å². The van der Waals surface area contributed by atoms with Crippen molar-refractivity contribution in [2.75, 3.05) is 19.0 Å². The maximum atomic E-state index is 13.4. The molecule has 0 amide bonds. The van der Waals surface area contributed by atoms with Crippen molar-refractivity contribution in [1.29, 1.82) is 0 Å². The predicted molar refractivity (Wildman–Crippen MR) is 127 cm³/mol. The standard InChI is InChI=1S/C26H21FN2O3S/c1-2-16-3-9-21-20(13-16)26(29-25(28-21)17-4-7-19(27)8-5-17)33-15-22(30)18-6-10-23-24(14-18)32-12-11-31-23/h3-10,13-14H,2,11-12,15H2,1H3. The van der Waals surface area contributed by atoms with Gasteiger partial charge in [-0.1, -0.05) is 24.8 Å². The molecule has 0 fully saturated rings. The summed E-state index contributed by atoms with van der Waals surface area (Å²) in [6.07, 6.45) is 0.885. The highest BCUT2D eigenvalue weighted by molar-refractivity contribution is 8.00. The van der Waals surface area contributed by atoms with Crippen LogP contribution in [0.25, 0.3) is 22.3 Å². The van der Waals surface area contributed by atoms with Crippen LogP contribution in [0.5, 0.6) is 11.5 Å². The molecule has 0 unspecified atom stereocenters. The number of benzene rings is 3. The Morgan fingerprint density at radius 2 is 1.76 bits per heavy atom. The van der Waals surface area contributed by atoms with Crippen LogP contribution in [-0.2, 0) is 6.42 Å². The van der Waals surface area contributed by atoms with Crippen molar-refractivity contribution in [2.24, 2.45) is 0 Å². The van der Waals surface area contributed by atoms with E-state index in [-0.39, 0.29) is 17.4 Å². The van der Waals surface area contributed by atoms with E-state index in [4.69, 9.17) is 14.5 Å². The van der Waals surface area contributed by atoms with Gasteiger partial charge in [-0.3, -0.25) is 4.79 Å². The molecule has 4 aromatic rings. The first kappa shape index (κ1) is 21.4. The van der Waals surface area contributed by atoms with Gasteiger partial charge in [0.1, 0.15) is 24.1 Å². The van der Waals surface area contributed by atoms with E-state index < -0.39 is 0 Å². The van der Waals surface area contributed by atoms with Gasteiger partial charge in [0.25, 0.3) is 0 Å². The number of fused-ring (bicyclic) bond motifs is 2. The first-order valence-corrected chi connectivity index (χ1v) is 11.7. The van der Waals surface area contributed by atoms with Crippen LogP contribution in [0.3, 0.4) is 0 Å². The SMILES string of the molecule is CCc1ccc2nc(-c3ccc(F)cc3)nc(SCC(=O)c3ccc4c(c3)OCCO4)c2c1. The normalized spacial score (nSPS) is 12.7. The molecule has 1 aliphatic heterocycles. The second kappa shape index (κ2) is 9.19. The summed E-state index contributed by atoms with van der Waals surface area (Å²) in [6, 6.07) is 17.4. The summed E-state index contributed by atoms with van der Waals surface area (Å²) in [7, 11) is 0. The average molecular weight is 461 g/mol.